The Balaban J connectivity index is -0.0000000506. The second kappa shape index (κ2) is 12.8. The van der Waals surface area contributed by atoms with Gasteiger partial charge in [-0.05, 0) is 19.6 Å². The van der Waals surface area contributed by atoms with Crippen LogP contribution in [-0.2, 0) is 21.7 Å². The average molecular weight is 274 g/mol. The summed E-state index contributed by atoms with van der Waals surface area (Å²) in [6.07, 6.45) is 0. The summed E-state index contributed by atoms with van der Waals surface area (Å²) in [6.45, 7) is 5.65. The summed E-state index contributed by atoms with van der Waals surface area (Å²) in [5.74, 6) is 0. The molecule has 0 bridgehead atoms. The molecule has 1 radical (unpaired) electrons. The van der Waals surface area contributed by atoms with E-state index in [2.05, 4.69) is 0 Å². The summed E-state index contributed by atoms with van der Waals surface area (Å²) in [7, 11) is -1.61. The number of halogens is 2. The first kappa shape index (κ1) is 23.6. The van der Waals surface area contributed by atoms with Crippen LogP contribution in [0, 0.1) is 0 Å². The Morgan fingerprint density at radius 3 is 1.31 bits per heavy atom. The van der Waals surface area contributed by atoms with E-state index in [9.17, 15) is 0 Å². The third-order valence-electron chi connectivity index (χ3n) is 0.556. The molecule has 5 heteroatoms. The van der Waals surface area contributed by atoms with Crippen LogP contribution in [0.2, 0.25) is 19.6 Å². The summed E-state index contributed by atoms with van der Waals surface area (Å²) >= 11 is 0. The Morgan fingerprint density at radius 2 is 1.23 bits per heavy atom. The molecule has 0 fully saturated rings. The van der Waals surface area contributed by atoms with Gasteiger partial charge in [-0.15, -0.1) is 0 Å². The molecule has 0 heterocycles. The molecule has 0 aromatic heterocycles. The van der Waals surface area contributed by atoms with E-state index in [0.29, 0.717) is 0 Å². The van der Waals surface area contributed by atoms with Crippen LogP contribution < -0.4 is 24.8 Å². The molecule has 13 heavy (non-hydrogen) atoms. The van der Waals surface area contributed by atoms with Gasteiger partial charge in [-0.25, -0.2) is 12.1 Å². The van der Waals surface area contributed by atoms with Crippen LogP contribution in [0.4, 0.5) is 0 Å². The maximum Gasteiger partial charge on any atom is 3.00 e. The van der Waals surface area contributed by atoms with Crippen molar-refractivity contribution in [2.45, 2.75) is 19.6 Å². The molecule has 1 aromatic carbocycles. The molecule has 0 spiro atoms. The van der Waals surface area contributed by atoms with Gasteiger partial charge in [-0.2, -0.15) is 18.2 Å². The van der Waals surface area contributed by atoms with Crippen LogP contribution >= 0.6 is 0 Å². The molecule has 0 unspecified atom stereocenters. The van der Waals surface area contributed by atoms with E-state index >= 15 is 0 Å². The fraction of sp³-hybridized carbons (Fsp3) is 0.375. The molecule has 1 aromatic rings. The molecule has 0 saturated heterocycles. The van der Waals surface area contributed by atoms with Crippen molar-refractivity contribution >= 4 is 8.32 Å². The fourth-order valence-electron chi connectivity index (χ4n) is 0.321. The Morgan fingerprint density at radius 1 is 1.00 bits per heavy atom. The maximum absolute atomic E-state index is 8.66. The Labute approximate surface area is 109 Å². The van der Waals surface area contributed by atoms with Crippen LogP contribution in [0.15, 0.2) is 30.3 Å². The molecule has 0 aliphatic heterocycles. The van der Waals surface area contributed by atoms with Gasteiger partial charge in [0.05, 0.1) is 0 Å². The van der Waals surface area contributed by atoms with Crippen molar-refractivity contribution in [2.24, 2.45) is 0 Å². The smallest absolute Gasteiger partial charge is 1.00 e. The zero-order valence-corrected chi connectivity index (χ0v) is 12.2. The van der Waals surface area contributed by atoms with Crippen LogP contribution in [0.5, 0.6) is 0 Å². The number of hydrogen-bond acceptors (Lipinski definition) is 1. The van der Waals surface area contributed by atoms with Crippen molar-refractivity contribution in [2.75, 3.05) is 0 Å². The zero-order chi connectivity index (χ0) is 8.04. The van der Waals surface area contributed by atoms with Crippen molar-refractivity contribution in [1.29, 1.82) is 0 Å². The normalized spacial score (nSPS) is 7.69. The van der Waals surface area contributed by atoms with E-state index in [1.807, 2.05) is 50.0 Å². The SMILES string of the molecule is C[Si](C)(C)O.[Cl-].[Cl-].[Ti+3].c1cc[cH-]c1. The Hall–Kier alpha value is 0.821. The van der Waals surface area contributed by atoms with Crippen LogP contribution in [0.25, 0.3) is 0 Å². The molecular weight excluding hydrogens is 259 g/mol. The molecule has 75 valence electrons. The standard InChI is InChI=1S/C5H5.C3H10OSi.2ClH.Ti/c1-2-4-5-3-1;1-5(2,3)4;;;/h1-5H;4H,1-3H3;2*1H;/q-1;;;;+3/p-2. The van der Waals surface area contributed by atoms with Crippen LogP contribution in [-0.4, -0.2) is 13.1 Å². The Bertz CT molecular complexity index is 128. The van der Waals surface area contributed by atoms with Crippen molar-refractivity contribution in [3.63, 3.8) is 0 Å². The maximum atomic E-state index is 8.66. The van der Waals surface area contributed by atoms with Crippen LogP contribution in [0.3, 0.4) is 0 Å². The first-order valence-electron chi connectivity index (χ1n) is 3.39. The molecule has 0 amide bonds. The quantitative estimate of drug-likeness (QED) is 0.380. The van der Waals surface area contributed by atoms with Crippen molar-refractivity contribution in [1.82, 2.24) is 0 Å². The van der Waals surface area contributed by atoms with E-state index in [-0.39, 0.29) is 46.5 Å². The third-order valence-corrected chi connectivity index (χ3v) is 0.556. The van der Waals surface area contributed by atoms with Crippen molar-refractivity contribution in [3.05, 3.63) is 30.3 Å². The summed E-state index contributed by atoms with van der Waals surface area (Å²) in [5.41, 5.74) is 0. The van der Waals surface area contributed by atoms with Gasteiger partial charge in [0.2, 0.25) is 0 Å². The average Bonchev–Trinajstić information content (AvgIpc) is 2.07. The number of hydrogen-bond donors (Lipinski definition) is 1. The summed E-state index contributed by atoms with van der Waals surface area (Å²) in [6, 6.07) is 10.0. The largest absolute Gasteiger partial charge is 3.00 e. The van der Waals surface area contributed by atoms with Crippen molar-refractivity contribution < 1.29 is 51.3 Å². The molecule has 0 aliphatic rings. The molecule has 1 N–H and O–H groups in total. The van der Waals surface area contributed by atoms with E-state index in [1.165, 1.54) is 0 Å². The minimum atomic E-state index is -1.61. The van der Waals surface area contributed by atoms with Crippen LogP contribution in [0.1, 0.15) is 0 Å². The van der Waals surface area contributed by atoms with E-state index in [0.717, 1.165) is 0 Å². The van der Waals surface area contributed by atoms with Gasteiger partial charge in [0.25, 0.3) is 0 Å². The predicted molar refractivity (Wildman–Crippen MR) is 47.6 cm³/mol. The van der Waals surface area contributed by atoms with E-state index in [4.69, 9.17) is 4.80 Å². The minimum absolute atomic E-state index is 0. The molecule has 0 atom stereocenters. The minimum Gasteiger partial charge on any atom is -1.00 e. The molecule has 1 nitrogen and oxygen atoms in total. The monoisotopic (exact) mass is 273 g/mol. The fourth-order valence-corrected chi connectivity index (χ4v) is 0.321. The van der Waals surface area contributed by atoms with Gasteiger partial charge in [-0.3, -0.25) is 0 Å². The Kier molecular flexibility index (Phi) is 23.2. The molecule has 1 rings (SSSR count). The second-order valence-electron chi connectivity index (χ2n) is 3.13. The van der Waals surface area contributed by atoms with Gasteiger partial charge in [0, 0.05) is 0 Å². The zero-order valence-electron chi connectivity index (χ0n) is 8.09. The van der Waals surface area contributed by atoms with Gasteiger partial charge in [0.15, 0.2) is 8.32 Å². The van der Waals surface area contributed by atoms with Gasteiger partial charge in [0.1, 0.15) is 0 Å². The van der Waals surface area contributed by atoms with E-state index < -0.39 is 8.32 Å². The third kappa shape index (κ3) is 44.3. The number of rotatable bonds is 0. The summed E-state index contributed by atoms with van der Waals surface area (Å²) in [4.78, 5) is 8.66. The second-order valence-corrected chi connectivity index (χ2v) is 7.47. The molecule has 0 saturated carbocycles. The topological polar surface area (TPSA) is 20.2 Å². The summed E-state index contributed by atoms with van der Waals surface area (Å²) < 4.78 is 0. The van der Waals surface area contributed by atoms with Crippen molar-refractivity contribution in [3.8, 4) is 0 Å². The predicted octanol–water partition coefficient (Wildman–Crippen LogP) is -3.78. The van der Waals surface area contributed by atoms with Gasteiger partial charge < -0.3 is 29.6 Å². The van der Waals surface area contributed by atoms with E-state index in [1.54, 1.807) is 0 Å². The molecular formula is C8H15Cl2OSiTi. The van der Waals surface area contributed by atoms with Gasteiger partial charge in [-0.1, -0.05) is 0 Å². The first-order chi connectivity index (χ1) is 4.50. The first-order valence-corrected chi connectivity index (χ1v) is 6.84. The van der Waals surface area contributed by atoms with Gasteiger partial charge >= 0.3 is 21.7 Å². The molecule has 0 aliphatic carbocycles. The summed E-state index contributed by atoms with van der Waals surface area (Å²) in [5, 5.41) is 0.